The Morgan fingerprint density at radius 3 is 2.65 bits per heavy atom. The van der Waals surface area contributed by atoms with Crippen LogP contribution >= 0.6 is 11.8 Å². The van der Waals surface area contributed by atoms with Crippen molar-refractivity contribution in [3.8, 4) is 11.8 Å². The van der Waals surface area contributed by atoms with Gasteiger partial charge in [-0.25, -0.2) is 0 Å². The molecule has 0 radical (unpaired) electrons. The summed E-state index contributed by atoms with van der Waals surface area (Å²) in [5.41, 5.74) is 1.01. The van der Waals surface area contributed by atoms with Crippen molar-refractivity contribution in [1.29, 1.82) is 0 Å². The highest BCUT2D eigenvalue weighted by molar-refractivity contribution is 7.98. The fraction of sp³-hybridized carbons (Fsp3) is 0.826. The highest BCUT2D eigenvalue weighted by atomic mass is 32.2. The minimum Gasteiger partial charge on any atom is -0.389 e. The second-order valence-corrected chi connectivity index (χ2v) is 10.4. The number of allylic oxidation sites excluding steroid dienone is 1. The molecule has 0 spiro atoms. The molecule has 26 heavy (non-hydrogen) atoms. The predicted octanol–water partition coefficient (Wildman–Crippen LogP) is 4.41. The van der Waals surface area contributed by atoms with Crippen molar-refractivity contribution >= 4 is 11.8 Å². The van der Waals surface area contributed by atoms with E-state index in [1.54, 1.807) is 5.57 Å². The number of hydrogen-bond acceptors (Lipinski definition) is 3. The molecule has 0 aromatic heterocycles. The number of aliphatic hydroxyl groups is 2. The second kappa shape index (κ2) is 6.57. The van der Waals surface area contributed by atoms with E-state index in [4.69, 9.17) is 0 Å². The lowest BCUT2D eigenvalue weighted by Gasteiger charge is -2.59. The van der Waals surface area contributed by atoms with Crippen LogP contribution in [-0.4, -0.2) is 33.9 Å². The molecule has 4 rings (SSSR count). The summed E-state index contributed by atoms with van der Waals surface area (Å²) in [6.45, 7) is 4.18. The SMILES string of the molecule is CC#C[C@]1(O)CC[C@H]2[C@@H]3CCC4=C[C@H](O)CC[C@]4(CSC)[C@H]3CC[C@@]21C. The lowest BCUT2D eigenvalue weighted by molar-refractivity contribution is -0.100. The van der Waals surface area contributed by atoms with E-state index < -0.39 is 5.60 Å². The number of fused-ring (bicyclic) bond motifs is 5. The van der Waals surface area contributed by atoms with Gasteiger partial charge in [0, 0.05) is 16.6 Å². The van der Waals surface area contributed by atoms with Gasteiger partial charge < -0.3 is 10.2 Å². The molecule has 2 nitrogen and oxygen atoms in total. The van der Waals surface area contributed by atoms with Crippen molar-refractivity contribution in [1.82, 2.24) is 0 Å². The average Bonchev–Trinajstić information content (AvgIpc) is 2.87. The van der Waals surface area contributed by atoms with E-state index in [0.717, 1.165) is 44.4 Å². The monoisotopic (exact) mass is 374 g/mol. The largest absolute Gasteiger partial charge is 0.389 e. The molecule has 3 saturated carbocycles. The third kappa shape index (κ3) is 2.48. The Labute approximate surface area is 163 Å². The van der Waals surface area contributed by atoms with Crippen molar-refractivity contribution in [2.75, 3.05) is 12.0 Å². The van der Waals surface area contributed by atoms with Crippen molar-refractivity contribution in [2.45, 2.75) is 76.9 Å². The second-order valence-electron chi connectivity index (χ2n) is 9.53. The smallest absolute Gasteiger partial charge is 0.131 e. The summed E-state index contributed by atoms with van der Waals surface area (Å²) < 4.78 is 0. The molecule has 0 aromatic carbocycles. The van der Waals surface area contributed by atoms with Crippen LogP contribution in [0.1, 0.15) is 65.2 Å². The third-order valence-electron chi connectivity index (χ3n) is 8.70. The van der Waals surface area contributed by atoms with Crippen molar-refractivity contribution in [3.63, 3.8) is 0 Å². The fourth-order valence-corrected chi connectivity index (χ4v) is 8.52. The number of thioether (sulfide) groups is 1. The van der Waals surface area contributed by atoms with Gasteiger partial charge in [0.1, 0.15) is 5.60 Å². The van der Waals surface area contributed by atoms with Crippen LogP contribution in [-0.2, 0) is 0 Å². The molecule has 4 aliphatic rings. The van der Waals surface area contributed by atoms with Gasteiger partial charge in [-0.1, -0.05) is 24.5 Å². The summed E-state index contributed by atoms with van der Waals surface area (Å²) in [7, 11) is 0. The molecule has 144 valence electrons. The Morgan fingerprint density at radius 1 is 1.15 bits per heavy atom. The summed E-state index contributed by atoms with van der Waals surface area (Å²) in [6.07, 6.45) is 12.9. The Bertz CT molecular complexity index is 661. The average molecular weight is 375 g/mol. The zero-order valence-corrected chi connectivity index (χ0v) is 17.4. The summed E-state index contributed by atoms with van der Waals surface area (Å²) >= 11 is 1.98. The molecule has 0 aliphatic heterocycles. The molecule has 0 amide bonds. The number of hydrogen-bond donors (Lipinski definition) is 2. The molecule has 0 heterocycles. The van der Waals surface area contributed by atoms with Gasteiger partial charge in [0.15, 0.2) is 0 Å². The van der Waals surface area contributed by atoms with Gasteiger partial charge >= 0.3 is 0 Å². The molecule has 0 saturated heterocycles. The molecular formula is C23H34O2S. The maximum Gasteiger partial charge on any atom is 0.131 e. The normalized spacial score (nSPS) is 50.0. The minimum atomic E-state index is -0.789. The maximum atomic E-state index is 11.3. The fourth-order valence-electron chi connectivity index (χ4n) is 7.46. The van der Waals surface area contributed by atoms with E-state index in [-0.39, 0.29) is 11.5 Å². The Balaban J connectivity index is 1.70. The van der Waals surface area contributed by atoms with Crippen molar-refractivity contribution in [3.05, 3.63) is 11.6 Å². The summed E-state index contributed by atoms with van der Waals surface area (Å²) in [5.74, 6) is 9.44. The number of rotatable bonds is 2. The predicted molar refractivity (Wildman–Crippen MR) is 109 cm³/mol. The molecular weight excluding hydrogens is 340 g/mol. The molecule has 0 aromatic rings. The maximum absolute atomic E-state index is 11.3. The van der Waals surface area contributed by atoms with Gasteiger partial charge in [0.2, 0.25) is 0 Å². The first-order valence-electron chi connectivity index (χ1n) is 10.4. The van der Waals surface area contributed by atoms with Crippen LogP contribution in [0.4, 0.5) is 0 Å². The molecule has 2 N–H and O–H groups in total. The molecule has 0 unspecified atom stereocenters. The first-order valence-corrected chi connectivity index (χ1v) is 11.8. The van der Waals surface area contributed by atoms with Crippen molar-refractivity contribution < 1.29 is 10.2 Å². The van der Waals surface area contributed by atoms with Crippen LogP contribution in [0.25, 0.3) is 0 Å². The minimum absolute atomic E-state index is 0.0485. The van der Waals surface area contributed by atoms with Gasteiger partial charge in [-0.15, -0.1) is 5.92 Å². The number of aliphatic hydroxyl groups excluding tert-OH is 1. The third-order valence-corrected chi connectivity index (χ3v) is 9.50. The Morgan fingerprint density at radius 2 is 1.92 bits per heavy atom. The van der Waals surface area contributed by atoms with E-state index in [0.29, 0.717) is 17.3 Å². The van der Waals surface area contributed by atoms with E-state index in [9.17, 15) is 10.2 Å². The van der Waals surface area contributed by atoms with Crippen LogP contribution < -0.4 is 0 Å². The Kier molecular flexibility index (Phi) is 4.78. The zero-order valence-electron chi connectivity index (χ0n) is 16.6. The molecule has 7 atom stereocenters. The zero-order chi connectivity index (χ0) is 18.6. The standard InChI is InChI=1S/C23H34O2S/c1-4-10-23(25)13-9-19-18-6-5-16-14-17(24)7-12-22(16,15-26-3)20(18)8-11-21(19,23)2/h14,17-20,24-25H,5-9,11-13,15H2,1-3H3/t17-,18+,19+,20+,21+,22-,23+/m1/s1. The van der Waals surface area contributed by atoms with Gasteiger partial charge in [-0.05, 0) is 82.3 Å². The highest BCUT2D eigenvalue weighted by Gasteiger charge is 2.64. The lowest BCUT2D eigenvalue weighted by Crippen LogP contribution is -2.55. The molecule has 0 bridgehead atoms. The Hall–Kier alpha value is -0.430. The van der Waals surface area contributed by atoms with Crippen molar-refractivity contribution in [2.24, 2.45) is 28.6 Å². The molecule has 4 aliphatic carbocycles. The van der Waals surface area contributed by atoms with Crippen LogP contribution in [0, 0.1) is 40.4 Å². The summed E-state index contributed by atoms with van der Waals surface area (Å²) in [5, 5.41) is 21.6. The van der Waals surface area contributed by atoms with Gasteiger partial charge in [0.25, 0.3) is 0 Å². The van der Waals surface area contributed by atoms with E-state index in [1.807, 2.05) is 18.7 Å². The first kappa shape index (κ1) is 18.9. The van der Waals surface area contributed by atoms with Gasteiger partial charge in [-0.3, -0.25) is 0 Å². The van der Waals surface area contributed by atoms with Gasteiger partial charge in [-0.2, -0.15) is 11.8 Å². The first-order chi connectivity index (χ1) is 12.4. The van der Waals surface area contributed by atoms with E-state index in [2.05, 4.69) is 31.1 Å². The topological polar surface area (TPSA) is 40.5 Å². The summed E-state index contributed by atoms with van der Waals surface area (Å²) in [4.78, 5) is 0. The highest BCUT2D eigenvalue weighted by Crippen LogP contribution is 2.67. The lowest BCUT2D eigenvalue weighted by atomic mass is 9.46. The van der Waals surface area contributed by atoms with E-state index in [1.165, 1.54) is 18.6 Å². The summed E-state index contributed by atoms with van der Waals surface area (Å²) in [6, 6.07) is 0. The molecule has 3 fully saturated rings. The van der Waals surface area contributed by atoms with Crippen LogP contribution in [0.5, 0.6) is 0 Å². The quantitative estimate of drug-likeness (QED) is 0.556. The van der Waals surface area contributed by atoms with Crippen LogP contribution in [0.2, 0.25) is 0 Å². The van der Waals surface area contributed by atoms with Crippen LogP contribution in [0.3, 0.4) is 0 Å². The van der Waals surface area contributed by atoms with E-state index >= 15 is 0 Å². The van der Waals surface area contributed by atoms with Crippen LogP contribution in [0.15, 0.2) is 11.6 Å². The molecule has 3 heteroatoms. The van der Waals surface area contributed by atoms with Gasteiger partial charge in [0.05, 0.1) is 6.10 Å².